The summed E-state index contributed by atoms with van der Waals surface area (Å²) in [5, 5.41) is 4.57. The molecule has 0 radical (unpaired) electrons. The molecule has 0 aliphatic heterocycles. The Morgan fingerprint density at radius 2 is 2.00 bits per heavy atom. The highest BCUT2D eigenvalue weighted by Gasteiger charge is 1.99. The normalized spacial score (nSPS) is 10.9. The number of thioether (sulfide) groups is 1. The van der Waals surface area contributed by atoms with Gasteiger partial charge in [-0.15, -0.1) is 11.8 Å². The molecule has 0 saturated heterocycles. The van der Waals surface area contributed by atoms with Gasteiger partial charge in [-0.25, -0.2) is 0 Å². The van der Waals surface area contributed by atoms with Gasteiger partial charge in [0.1, 0.15) is 0 Å². The van der Waals surface area contributed by atoms with Crippen molar-refractivity contribution in [3.8, 4) is 0 Å². The highest BCUT2D eigenvalue weighted by Crippen LogP contribution is 2.27. The van der Waals surface area contributed by atoms with Crippen LogP contribution in [0.25, 0.3) is 0 Å². The Kier molecular flexibility index (Phi) is 9.74. The van der Waals surface area contributed by atoms with Gasteiger partial charge >= 0.3 is 0 Å². The molecule has 19 heavy (non-hydrogen) atoms. The Labute approximate surface area is 130 Å². The van der Waals surface area contributed by atoms with E-state index < -0.39 is 0 Å². The van der Waals surface area contributed by atoms with E-state index in [1.807, 2.05) is 18.2 Å². The van der Waals surface area contributed by atoms with E-state index >= 15 is 0 Å². The summed E-state index contributed by atoms with van der Waals surface area (Å²) >= 11 is 13.6. The van der Waals surface area contributed by atoms with Crippen molar-refractivity contribution < 1.29 is 4.74 Å². The maximum absolute atomic E-state index is 5.96. The second kappa shape index (κ2) is 10.8. The van der Waals surface area contributed by atoms with E-state index in [0.29, 0.717) is 10.0 Å². The summed E-state index contributed by atoms with van der Waals surface area (Å²) in [5.74, 6) is 1.01. The molecule has 0 heterocycles. The van der Waals surface area contributed by atoms with E-state index in [-0.39, 0.29) is 0 Å². The fourth-order valence-corrected chi connectivity index (χ4v) is 2.64. The van der Waals surface area contributed by atoms with Gasteiger partial charge in [-0.1, -0.05) is 36.5 Å². The van der Waals surface area contributed by atoms with E-state index in [2.05, 4.69) is 12.2 Å². The number of hydrogen-bond acceptors (Lipinski definition) is 3. The van der Waals surface area contributed by atoms with Crippen LogP contribution in [0.2, 0.25) is 10.0 Å². The lowest BCUT2D eigenvalue weighted by atomic mass is 10.4. The van der Waals surface area contributed by atoms with Crippen molar-refractivity contribution >= 4 is 35.0 Å². The molecular formula is C14H21Cl2NOS. The molecular weight excluding hydrogens is 301 g/mol. The van der Waals surface area contributed by atoms with E-state index in [0.717, 1.165) is 43.4 Å². The molecule has 1 aromatic rings. The van der Waals surface area contributed by atoms with Gasteiger partial charge in [-0.2, -0.15) is 0 Å². The molecule has 0 fully saturated rings. The van der Waals surface area contributed by atoms with Crippen molar-refractivity contribution in [1.82, 2.24) is 5.32 Å². The minimum absolute atomic E-state index is 0.605. The van der Waals surface area contributed by atoms with Gasteiger partial charge in [0.05, 0.1) is 16.7 Å². The van der Waals surface area contributed by atoms with Crippen LogP contribution in [0.4, 0.5) is 0 Å². The number of hydrogen-bond donors (Lipinski definition) is 1. The maximum Gasteiger partial charge on any atom is 0.0603 e. The predicted molar refractivity (Wildman–Crippen MR) is 85.8 cm³/mol. The molecule has 0 aromatic heterocycles. The van der Waals surface area contributed by atoms with Gasteiger partial charge in [0.15, 0.2) is 0 Å². The zero-order valence-corrected chi connectivity index (χ0v) is 13.6. The summed E-state index contributed by atoms with van der Waals surface area (Å²) in [4.78, 5) is 1.15. The molecule has 0 spiro atoms. The first-order valence-corrected chi connectivity index (χ1v) is 8.34. The van der Waals surface area contributed by atoms with Gasteiger partial charge in [0.2, 0.25) is 0 Å². The standard InChI is InChI=1S/C14H21Cl2NOS/c1-2-3-8-18-9-6-17-7-10-19-12-4-5-13(15)14(16)11-12/h4-5,11,17H,2-3,6-10H2,1H3. The Balaban J connectivity index is 2.00. The summed E-state index contributed by atoms with van der Waals surface area (Å²) in [7, 11) is 0. The lowest BCUT2D eigenvalue weighted by Gasteiger charge is -2.06. The van der Waals surface area contributed by atoms with E-state index in [4.69, 9.17) is 27.9 Å². The lowest BCUT2D eigenvalue weighted by Crippen LogP contribution is -2.22. The lowest BCUT2D eigenvalue weighted by molar-refractivity contribution is 0.133. The number of unbranched alkanes of at least 4 members (excludes halogenated alkanes) is 1. The first kappa shape index (κ1) is 17.1. The van der Waals surface area contributed by atoms with Gasteiger partial charge in [-0.05, 0) is 24.6 Å². The van der Waals surface area contributed by atoms with Crippen LogP contribution in [0.1, 0.15) is 19.8 Å². The molecule has 0 amide bonds. The van der Waals surface area contributed by atoms with E-state index in [1.54, 1.807) is 11.8 Å². The molecule has 1 rings (SSSR count). The van der Waals surface area contributed by atoms with Crippen molar-refractivity contribution in [3.05, 3.63) is 28.2 Å². The van der Waals surface area contributed by atoms with E-state index in [1.165, 1.54) is 6.42 Å². The molecule has 2 nitrogen and oxygen atoms in total. The van der Waals surface area contributed by atoms with Gasteiger partial charge < -0.3 is 10.1 Å². The Hall–Kier alpha value is 0.0700. The molecule has 0 aliphatic rings. The van der Waals surface area contributed by atoms with Crippen molar-refractivity contribution in [2.24, 2.45) is 0 Å². The van der Waals surface area contributed by atoms with Gasteiger partial charge in [-0.3, -0.25) is 0 Å². The summed E-state index contributed by atoms with van der Waals surface area (Å²) in [5.41, 5.74) is 0. The SMILES string of the molecule is CCCCOCCNCCSc1ccc(Cl)c(Cl)c1. The van der Waals surface area contributed by atoms with Crippen LogP contribution in [-0.2, 0) is 4.74 Å². The average molecular weight is 322 g/mol. The first-order chi connectivity index (χ1) is 9.24. The van der Waals surface area contributed by atoms with Crippen LogP contribution in [0, 0.1) is 0 Å². The van der Waals surface area contributed by atoms with Crippen molar-refractivity contribution in [2.75, 3.05) is 32.1 Å². The van der Waals surface area contributed by atoms with Gasteiger partial charge in [0, 0.05) is 30.3 Å². The molecule has 0 atom stereocenters. The Morgan fingerprint density at radius 1 is 1.16 bits per heavy atom. The molecule has 0 aliphatic carbocycles. The number of nitrogens with one attached hydrogen (secondary N) is 1. The summed E-state index contributed by atoms with van der Waals surface area (Å²) in [6.07, 6.45) is 2.33. The number of ether oxygens (including phenoxy) is 1. The highest BCUT2D eigenvalue weighted by molar-refractivity contribution is 7.99. The number of rotatable bonds is 10. The number of halogens is 2. The summed E-state index contributed by atoms with van der Waals surface area (Å²) < 4.78 is 5.47. The zero-order valence-electron chi connectivity index (χ0n) is 11.3. The highest BCUT2D eigenvalue weighted by atomic mass is 35.5. The van der Waals surface area contributed by atoms with Gasteiger partial charge in [0.25, 0.3) is 0 Å². The smallest absolute Gasteiger partial charge is 0.0603 e. The second-order valence-electron chi connectivity index (χ2n) is 4.14. The third kappa shape index (κ3) is 8.05. The molecule has 1 N–H and O–H groups in total. The predicted octanol–water partition coefficient (Wildman–Crippen LogP) is 4.49. The van der Waals surface area contributed by atoms with Crippen LogP contribution in [-0.4, -0.2) is 32.1 Å². The van der Waals surface area contributed by atoms with Crippen LogP contribution in [0.15, 0.2) is 23.1 Å². The Bertz CT molecular complexity index is 363. The third-order valence-corrected chi connectivity index (χ3v) is 4.24. The summed E-state index contributed by atoms with van der Waals surface area (Å²) in [6, 6.07) is 5.73. The summed E-state index contributed by atoms with van der Waals surface area (Å²) in [6.45, 7) is 5.70. The molecule has 0 unspecified atom stereocenters. The van der Waals surface area contributed by atoms with Crippen LogP contribution >= 0.6 is 35.0 Å². The molecule has 108 valence electrons. The molecule has 0 saturated carbocycles. The minimum Gasteiger partial charge on any atom is -0.380 e. The maximum atomic E-state index is 5.96. The fraction of sp³-hybridized carbons (Fsp3) is 0.571. The number of benzene rings is 1. The Morgan fingerprint density at radius 3 is 2.74 bits per heavy atom. The largest absolute Gasteiger partial charge is 0.380 e. The minimum atomic E-state index is 0.605. The fourth-order valence-electron chi connectivity index (χ4n) is 1.43. The average Bonchev–Trinajstić information content (AvgIpc) is 2.41. The van der Waals surface area contributed by atoms with Crippen LogP contribution in [0.5, 0.6) is 0 Å². The second-order valence-corrected chi connectivity index (χ2v) is 6.12. The monoisotopic (exact) mass is 321 g/mol. The molecule has 5 heteroatoms. The first-order valence-electron chi connectivity index (χ1n) is 6.60. The van der Waals surface area contributed by atoms with E-state index in [9.17, 15) is 0 Å². The zero-order chi connectivity index (χ0) is 13.9. The third-order valence-electron chi connectivity index (χ3n) is 2.50. The van der Waals surface area contributed by atoms with Crippen molar-refractivity contribution in [1.29, 1.82) is 0 Å². The van der Waals surface area contributed by atoms with Crippen molar-refractivity contribution in [3.63, 3.8) is 0 Å². The van der Waals surface area contributed by atoms with Crippen LogP contribution in [0.3, 0.4) is 0 Å². The quantitative estimate of drug-likeness (QED) is 0.506. The molecule has 1 aromatic carbocycles. The van der Waals surface area contributed by atoms with Crippen LogP contribution < -0.4 is 5.32 Å². The van der Waals surface area contributed by atoms with Crippen molar-refractivity contribution in [2.45, 2.75) is 24.7 Å². The topological polar surface area (TPSA) is 21.3 Å². The molecule has 0 bridgehead atoms.